The van der Waals surface area contributed by atoms with E-state index in [1.165, 1.54) is 6.07 Å². The largest absolute Gasteiger partial charge is 0.383 e. The molecule has 0 aromatic carbocycles. The van der Waals surface area contributed by atoms with Crippen LogP contribution in [0, 0.1) is 8.47 Å². The second-order valence-corrected chi connectivity index (χ2v) is 3.90. The fourth-order valence-corrected chi connectivity index (χ4v) is 2.10. The van der Waals surface area contributed by atoms with Crippen LogP contribution in [0.4, 0.5) is 0 Å². The zero-order chi connectivity index (χ0) is 9.84. The highest BCUT2D eigenvalue weighted by molar-refractivity contribution is 14.1. The number of rotatable bonds is 3. The summed E-state index contributed by atoms with van der Waals surface area (Å²) in [7, 11) is 1.63. The summed E-state index contributed by atoms with van der Waals surface area (Å²) >= 11 is 7.06. The molecule has 0 aliphatic carbocycles. The molecule has 0 unspecified atom stereocenters. The van der Waals surface area contributed by atoms with Crippen molar-refractivity contribution in [3.63, 3.8) is 0 Å². The number of nitrogens with zero attached hydrogens (tertiary/aromatic N) is 1. The van der Waals surface area contributed by atoms with Crippen molar-refractivity contribution in [3.8, 4) is 0 Å². The molecule has 6 heteroatoms. The molecule has 1 rings (SSSR count). The summed E-state index contributed by atoms with van der Waals surface area (Å²) in [5, 5.41) is 0. The van der Waals surface area contributed by atoms with Gasteiger partial charge in [0.2, 0.25) is 0 Å². The lowest BCUT2D eigenvalue weighted by Gasteiger charge is -2.07. The average molecular weight is 312 g/mol. The third kappa shape index (κ3) is 2.89. The summed E-state index contributed by atoms with van der Waals surface area (Å²) in [5.74, 6) is 0. The van der Waals surface area contributed by atoms with Crippen molar-refractivity contribution < 1.29 is 4.74 Å². The standard InChI is InChI=1S/C7H9IN2O2S/c1-12-3-2-10-5(8)4-6(11)9-7(10)13/h4H,2-3H2,1H3,(H,9,11,13). The molecule has 1 aromatic heterocycles. The molecule has 4 nitrogen and oxygen atoms in total. The van der Waals surface area contributed by atoms with E-state index in [4.69, 9.17) is 17.0 Å². The highest BCUT2D eigenvalue weighted by Gasteiger charge is 1.99. The van der Waals surface area contributed by atoms with Crippen molar-refractivity contribution in [3.05, 3.63) is 24.9 Å². The number of nitrogens with one attached hydrogen (secondary N) is 1. The normalized spacial score (nSPS) is 10.3. The molecule has 1 aromatic rings. The van der Waals surface area contributed by atoms with Crippen LogP contribution in [0.3, 0.4) is 0 Å². The maximum Gasteiger partial charge on any atom is 0.252 e. The van der Waals surface area contributed by atoms with E-state index in [9.17, 15) is 4.79 Å². The van der Waals surface area contributed by atoms with Gasteiger partial charge in [-0.2, -0.15) is 0 Å². The Labute approximate surface area is 94.1 Å². The van der Waals surface area contributed by atoms with E-state index >= 15 is 0 Å². The van der Waals surface area contributed by atoms with Gasteiger partial charge in [0, 0.05) is 19.7 Å². The molecule has 0 saturated heterocycles. The molecule has 0 atom stereocenters. The number of ether oxygens (including phenoxy) is 1. The fraction of sp³-hybridized carbons (Fsp3) is 0.429. The van der Waals surface area contributed by atoms with E-state index in [1.807, 2.05) is 4.57 Å². The summed E-state index contributed by atoms with van der Waals surface area (Å²) in [4.78, 5) is 13.5. The molecule has 72 valence electrons. The Morgan fingerprint density at radius 2 is 2.46 bits per heavy atom. The van der Waals surface area contributed by atoms with Crippen molar-refractivity contribution in [2.24, 2.45) is 0 Å². The van der Waals surface area contributed by atoms with Gasteiger partial charge in [0.1, 0.15) is 0 Å². The molecule has 1 heterocycles. The maximum absolute atomic E-state index is 11.0. The Morgan fingerprint density at radius 1 is 1.77 bits per heavy atom. The van der Waals surface area contributed by atoms with E-state index in [0.717, 1.165) is 3.70 Å². The summed E-state index contributed by atoms with van der Waals surface area (Å²) in [6.45, 7) is 1.24. The van der Waals surface area contributed by atoms with Crippen molar-refractivity contribution in [2.75, 3.05) is 13.7 Å². The Kier molecular flexibility index (Phi) is 4.07. The Hall–Kier alpha value is -0.210. The van der Waals surface area contributed by atoms with E-state index in [-0.39, 0.29) is 5.56 Å². The molecule has 0 aliphatic heterocycles. The van der Waals surface area contributed by atoms with Crippen molar-refractivity contribution in [1.29, 1.82) is 0 Å². The highest BCUT2D eigenvalue weighted by atomic mass is 127. The number of hydrogen-bond acceptors (Lipinski definition) is 3. The van der Waals surface area contributed by atoms with Gasteiger partial charge in [-0.05, 0) is 34.8 Å². The van der Waals surface area contributed by atoms with E-state index in [0.29, 0.717) is 17.9 Å². The smallest absolute Gasteiger partial charge is 0.252 e. The minimum Gasteiger partial charge on any atom is -0.383 e. The molecule has 0 saturated carbocycles. The topological polar surface area (TPSA) is 47.0 Å². The van der Waals surface area contributed by atoms with Crippen LogP contribution in [0.1, 0.15) is 0 Å². The molecule has 0 amide bonds. The minimum atomic E-state index is -0.164. The number of aromatic nitrogens is 2. The van der Waals surface area contributed by atoms with E-state index < -0.39 is 0 Å². The first-order valence-electron chi connectivity index (χ1n) is 3.63. The summed E-state index contributed by atoms with van der Waals surface area (Å²) in [6.07, 6.45) is 0. The van der Waals surface area contributed by atoms with Gasteiger partial charge < -0.3 is 9.30 Å². The van der Waals surface area contributed by atoms with Crippen LogP contribution in [0.15, 0.2) is 10.9 Å². The fourth-order valence-electron chi connectivity index (χ4n) is 0.883. The van der Waals surface area contributed by atoms with Crippen molar-refractivity contribution in [1.82, 2.24) is 9.55 Å². The lowest BCUT2D eigenvalue weighted by atomic mass is 10.6. The van der Waals surface area contributed by atoms with Gasteiger partial charge >= 0.3 is 0 Å². The molecule has 0 radical (unpaired) electrons. The Balaban J connectivity index is 3.07. The van der Waals surface area contributed by atoms with Crippen LogP contribution in [-0.4, -0.2) is 23.3 Å². The van der Waals surface area contributed by atoms with Gasteiger partial charge in [-0.15, -0.1) is 0 Å². The predicted molar refractivity (Wildman–Crippen MR) is 60.5 cm³/mol. The van der Waals surface area contributed by atoms with E-state index in [1.54, 1.807) is 7.11 Å². The number of halogens is 1. The summed E-state index contributed by atoms with van der Waals surface area (Å²) in [5.41, 5.74) is -0.164. The van der Waals surface area contributed by atoms with Crippen LogP contribution in [0.5, 0.6) is 0 Å². The van der Waals surface area contributed by atoms with Crippen molar-refractivity contribution in [2.45, 2.75) is 6.54 Å². The average Bonchev–Trinajstić information content (AvgIpc) is 2.02. The molecule has 0 bridgehead atoms. The third-order valence-electron chi connectivity index (χ3n) is 1.50. The van der Waals surface area contributed by atoms with Gasteiger partial charge in [0.05, 0.1) is 10.3 Å². The van der Waals surface area contributed by atoms with Crippen molar-refractivity contribution >= 4 is 34.8 Å². The highest BCUT2D eigenvalue weighted by Crippen LogP contribution is 2.01. The predicted octanol–water partition coefficient (Wildman–Crippen LogP) is 1.16. The number of H-pyrrole nitrogens is 1. The van der Waals surface area contributed by atoms with Crippen LogP contribution >= 0.6 is 34.8 Å². The molecular weight excluding hydrogens is 303 g/mol. The molecular formula is C7H9IN2O2S. The van der Waals surface area contributed by atoms with Gasteiger partial charge in [-0.1, -0.05) is 0 Å². The first-order valence-corrected chi connectivity index (χ1v) is 5.12. The van der Waals surface area contributed by atoms with Gasteiger partial charge in [0.15, 0.2) is 4.77 Å². The molecule has 1 N–H and O–H groups in total. The lowest BCUT2D eigenvalue weighted by molar-refractivity contribution is 0.185. The second kappa shape index (κ2) is 4.87. The number of methoxy groups -OCH3 is 1. The second-order valence-electron chi connectivity index (χ2n) is 2.41. The Bertz CT molecular complexity index is 398. The lowest BCUT2D eigenvalue weighted by Crippen LogP contribution is -2.17. The molecule has 0 spiro atoms. The summed E-state index contributed by atoms with van der Waals surface area (Å²) < 4.78 is 8.01. The molecule has 13 heavy (non-hydrogen) atoms. The van der Waals surface area contributed by atoms with Crippen LogP contribution in [0.25, 0.3) is 0 Å². The quantitative estimate of drug-likeness (QED) is 0.517. The first kappa shape index (κ1) is 10.9. The van der Waals surface area contributed by atoms with Gasteiger partial charge in [-0.3, -0.25) is 9.78 Å². The SMILES string of the molecule is COCCn1c(I)cc(=O)[nH]c1=S. The minimum absolute atomic E-state index is 0.164. The van der Waals surface area contributed by atoms with Crippen LogP contribution in [0.2, 0.25) is 0 Å². The van der Waals surface area contributed by atoms with Crippen LogP contribution in [-0.2, 0) is 11.3 Å². The van der Waals surface area contributed by atoms with Gasteiger partial charge in [-0.25, -0.2) is 0 Å². The zero-order valence-corrected chi connectivity index (χ0v) is 10.0. The Morgan fingerprint density at radius 3 is 3.00 bits per heavy atom. The zero-order valence-electron chi connectivity index (χ0n) is 7.04. The summed E-state index contributed by atoms with van der Waals surface area (Å²) in [6, 6.07) is 1.51. The first-order chi connectivity index (χ1) is 6.15. The van der Waals surface area contributed by atoms with Gasteiger partial charge in [0.25, 0.3) is 5.56 Å². The third-order valence-corrected chi connectivity index (χ3v) is 2.72. The molecule has 0 fully saturated rings. The maximum atomic E-state index is 11.0. The van der Waals surface area contributed by atoms with Crippen LogP contribution < -0.4 is 5.56 Å². The number of aromatic amines is 1. The molecule has 0 aliphatic rings. The number of hydrogen-bond donors (Lipinski definition) is 1. The monoisotopic (exact) mass is 312 g/mol. The van der Waals surface area contributed by atoms with E-state index in [2.05, 4.69) is 27.6 Å².